The molecule has 1 saturated heterocycles. The Bertz CT molecular complexity index is 1240. The second kappa shape index (κ2) is 11.1. The molecule has 36 heavy (non-hydrogen) atoms. The second-order valence-corrected chi connectivity index (χ2v) is 10.1. The van der Waals surface area contributed by atoms with Crippen LogP contribution in [0.5, 0.6) is 0 Å². The highest BCUT2D eigenvalue weighted by Gasteiger charge is 2.21. The lowest BCUT2D eigenvalue weighted by Gasteiger charge is -2.34. The SMILES string of the molecule is CC1C/C=C(N2CCN(C)CC2)/N=C(Nc2cc(-c3ccco3)[nH]n2)\N=C/1SCc1ccc(F)cc1. The van der Waals surface area contributed by atoms with Gasteiger partial charge in [-0.25, -0.2) is 9.38 Å². The van der Waals surface area contributed by atoms with Crippen LogP contribution in [0, 0.1) is 11.7 Å². The van der Waals surface area contributed by atoms with Crippen LogP contribution in [0.15, 0.2) is 75.0 Å². The van der Waals surface area contributed by atoms with Crippen LogP contribution >= 0.6 is 11.8 Å². The number of aromatic nitrogens is 2. The number of guanidine groups is 1. The van der Waals surface area contributed by atoms with Crippen LogP contribution < -0.4 is 5.32 Å². The van der Waals surface area contributed by atoms with Crippen molar-refractivity contribution in [2.75, 3.05) is 38.5 Å². The van der Waals surface area contributed by atoms with Crippen LogP contribution in [0.4, 0.5) is 10.2 Å². The van der Waals surface area contributed by atoms with E-state index in [-0.39, 0.29) is 11.7 Å². The van der Waals surface area contributed by atoms with Crippen molar-refractivity contribution in [3.63, 3.8) is 0 Å². The summed E-state index contributed by atoms with van der Waals surface area (Å²) in [4.78, 5) is 14.6. The minimum atomic E-state index is -0.228. The molecule has 1 atom stereocenters. The van der Waals surface area contributed by atoms with E-state index in [1.807, 2.05) is 30.3 Å². The minimum Gasteiger partial charge on any atom is -0.463 e. The first-order valence-corrected chi connectivity index (χ1v) is 13.1. The Morgan fingerprint density at radius 2 is 1.94 bits per heavy atom. The Balaban J connectivity index is 1.40. The molecule has 4 heterocycles. The summed E-state index contributed by atoms with van der Waals surface area (Å²) in [6, 6.07) is 12.2. The van der Waals surface area contributed by atoms with Crippen LogP contribution in [0.25, 0.3) is 11.5 Å². The summed E-state index contributed by atoms with van der Waals surface area (Å²) in [6.07, 6.45) is 4.69. The van der Waals surface area contributed by atoms with E-state index in [4.69, 9.17) is 14.4 Å². The van der Waals surface area contributed by atoms with Gasteiger partial charge in [-0.3, -0.25) is 5.10 Å². The highest BCUT2D eigenvalue weighted by molar-refractivity contribution is 8.13. The highest BCUT2D eigenvalue weighted by Crippen LogP contribution is 2.26. The number of aliphatic imine (C=N–C) groups is 2. The molecular formula is C26H30FN7OS. The van der Waals surface area contributed by atoms with Crippen molar-refractivity contribution in [2.24, 2.45) is 15.9 Å². The first kappa shape index (κ1) is 24.3. The number of H-pyrrole nitrogens is 1. The lowest BCUT2D eigenvalue weighted by atomic mass is 10.1. The second-order valence-electron chi connectivity index (χ2n) is 9.06. The molecule has 3 aromatic rings. The Kier molecular flexibility index (Phi) is 7.52. The zero-order chi connectivity index (χ0) is 24.9. The topological polar surface area (TPSA) is 85.0 Å². The van der Waals surface area contributed by atoms with Gasteiger partial charge in [-0.15, -0.1) is 11.8 Å². The number of benzene rings is 1. The molecule has 2 N–H and O–H groups in total. The summed E-state index contributed by atoms with van der Waals surface area (Å²) in [5.41, 5.74) is 1.82. The number of anilines is 1. The van der Waals surface area contributed by atoms with Gasteiger partial charge in [0.15, 0.2) is 11.6 Å². The Morgan fingerprint density at radius 3 is 2.69 bits per heavy atom. The molecule has 1 fully saturated rings. The predicted octanol–water partition coefficient (Wildman–Crippen LogP) is 5.04. The first-order valence-electron chi connectivity index (χ1n) is 12.1. The number of likely N-dealkylation sites (N-methyl/N-ethyl adjacent to an activating group) is 1. The maximum Gasteiger partial charge on any atom is 0.231 e. The summed E-state index contributed by atoms with van der Waals surface area (Å²) in [6.45, 7) is 6.03. The van der Waals surface area contributed by atoms with Gasteiger partial charge in [-0.1, -0.05) is 19.1 Å². The molecular weight excluding hydrogens is 477 g/mol. The number of aromatic amines is 1. The summed E-state index contributed by atoms with van der Waals surface area (Å²) in [5, 5.41) is 11.7. The van der Waals surface area contributed by atoms with E-state index in [0.29, 0.717) is 23.3 Å². The molecule has 0 amide bonds. The third-order valence-electron chi connectivity index (χ3n) is 6.24. The monoisotopic (exact) mass is 507 g/mol. The van der Waals surface area contributed by atoms with E-state index in [0.717, 1.165) is 54.7 Å². The van der Waals surface area contributed by atoms with Crippen molar-refractivity contribution in [1.82, 2.24) is 20.0 Å². The molecule has 0 aliphatic carbocycles. The molecule has 2 aromatic heterocycles. The van der Waals surface area contributed by atoms with Crippen molar-refractivity contribution >= 4 is 28.6 Å². The number of rotatable bonds is 5. The standard InChI is InChI=1S/C26H30FN7OS/c1-18-5-10-24(34-13-11-33(2)12-14-34)29-26(28-23-16-21(31-32-23)22-4-3-15-35-22)30-25(18)36-17-19-6-8-20(27)9-7-19/h3-4,6-10,15-16,18H,5,11-14,17H2,1-2H3,(H2,28,29,31,32)/b24-10-,30-25+. The number of halogens is 1. The molecule has 0 spiro atoms. The molecule has 0 radical (unpaired) electrons. The van der Waals surface area contributed by atoms with Crippen molar-refractivity contribution in [3.8, 4) is 11.5 Å². The maximum atomic E-state index is 13.3. The molecule has 5 rings (SSSR count). The summed E-state index contributed by atoms with van der Waals surface area (Å²) >= 11 is 1.66. The first-order chi connectivity index (χ1) is 17.5. The van der Waals surface area contributed by atoms with Crippen molar-refractivity contribution < 1.29 is 8.81 Å². The van der Waals surface area contributed by atoms with Gasteiger partial charge in [0.05, 0.1) is 11.3 Å². The number of allylic oxidation sites excluding steroid dienone is 1. The van der Waals surface area contributed by atoms with Gasteiger partial charge in [0.1, 0.15) is 17.3 Å². The van der Waals surface area contributed by atoms with Gasteiger partial charge in [-0.2, -0.15) is 10.1 Å². The van der Waals surface area contributed by atoms with Gasteiger partial charge in [0, 0.05) is 43.9 Å². The fraction of sp³-hybridized carbons (Fsp3) is 0.346. The van der Waals surface area contributed by atoms with E-state index >= 15 is 0 Å². The molecule has 10 heteroatoms. The Labute approximate surface area is 214 Å². The molecule has 0 bridgehead atoms. The van der Waals surface area contributed by atoms with Crippen LogP contribution in [-0.4, -0.2) is 64.2 Å². The van der Waals surface area contributed by atoms with Crippen molar-refractivity contribution in [2.45, 2.75) is 19.1 Å². The van der Waals surface area contributed by atoms with Gasteiger partial charge in [0.25, 0.3) is 0 Å². The fourth-order valence-electron chi connectivity index (χ4n) is 4.04. The minimum absolute atomic E-state index is 0.211. The van der Waals surface area contributed by atoms with Gasteiger partial charge in [-0.05, 0) is 49.4 Å². The van der Waals surface area contributed by atoms with Gasteiger partial charge in [0.2, 0.25) is 5.96 Å². The number of piperazine rings is 1. The molecule has 2 aliphatic rings. The smallest absolute Gasteiger partial charge is 0.231 e. The normalized spacial score (nSPS) is 23.6. The number of nitrogens with one attached hydrogen (secondary N) is 2. The molecule has 0 saturated carbocycles. The van der Waals surface area contributed by atoms with Crippen molar-refractivity contribution in [1.29, 1.82) is 0 Å². The summed E-state index contributed by atoms with van der Waals surface area (Å²) < 4.78 is 18.8. The number of furan rings is 1. The fourth-order valence-corrected chi connectivity index (χ4v) is 5.08. The van der Waals surface area contributed by atoms with Crippen LogP contribution in [0.2, 0.25) is 0 Å². The molecule has 8 nitrogen and oxygen atoms in total. The molecule has 1 unspecified atom stereocenters. The van der Waals surface area contributed by atoms with Crippen LogP contribution in [0.3, 0.4) is 0 Å². The van der Waals surface area contributed by atoms with E-state index < -0.39 is 0 Å². The number of nitrogens with zero attached hydrogens (tertiary/aromatic N) is 5. The predicted molar refractivity (Wildman–Crippen MR) is 143 cm³/mol. The Morgan fingerprint density at radius 1 is 1.14 bits per heavy atom. The zero-order valence-electron chi connectivity index (χ0n) is 20.4. The third-order valence-corrected chi connectivity index (χ3v) is 7.51. The van der Waals surface area contributed by atoms with E-state index in [9.17, 15) is 4.39 Å². The lowest BCUT2D eigenvalue weighted by Crippen LogP contribution is -2.43. The van der Waals surface area contributed by atoms with Crippen molar-refractivity contribution in [3.05, 3.63) is 72.0 Å². The number of hydrogen-bond acceptors (Lipinski definition) is 8. The molecule has 1 aromatic carbocycles. The van der Waals surface area contributed by atoms with Gasteiger partial charge < -0.3 is 19.5 Å². The number of hydrogen-bond donors (Lipinski definition) is 2. The quantitative estimate of drug-likeness (QED) is 0.504. The third kappa shape index (κ3) is 6.06. The average molecular weight is 508 g/mol. The van der Waals surface area contributed by atoms with E-state index in [1.165, 1.54) is 12.1 Å². The molecule has 2 aliphatic heterocycles. The zero-order valence-corrected chi connectivity index (χ0v) is 21.3. The van der Waals surface area contributed by atoms with E-state index in [1.54, 1.807) is 18.0 Å². The maximum absolute atomic E-state index is 13.3. The number of thioether (sulfide) groups is 1. The summed E-state index contributed by atoms with van der Waals surface area (Å²) in [5.74, 6) is 3.43. The summed E-state index contributed by atoms with van der Waals surface area (Å²) in [7, 11) is 2.14. The Hall–Kier alpha value is -3.37. The van der Waals surface area contributed by atoms with Crippen LogP contribution in [0.1, 0.15) is 18.9 Å². The van der Waals surface area contributed by atoms with Gasteiger partial charge >= 0.3 is 0 Å². The average Bonchev–Trinajstić information content (AvgIpc) is 3.57. The lowest BCUT2D eigenvalue weighted by molar-refractivity contribution is 0.184. The van der Waals surface area contributed by atoms with E-state index in [2.05, 4.69) is 45.4 Å². The highest BCUT2D eigenvalue weighted by atomic mass is 32.2. The molecule has 188 valence electrons. The van der Waals surface area contributed by atoms with Crippen LogP contribution in [-0.2, 0) is 5.75 Å². The largest absolute Gasteiger partial charge is 0.463 e.